The molecular formula is C25H20IN3O5. The molecule has 3 aromatic rings. The number of anilines is 1. The maximum atomic E-state index is 12.6. The Morgan fingerprint density at radius 3 is 2.59 bits per heavy atom. The highest BCUT2D eigenvalue weighted by atomic mass is 127. The van der Waals surface area contributed by atoms with Gasteiger partial charge in [-0.1, -0.05) is 36.4 Å². The molecule has 0 atom stereocenters. The van der Waals surface area contributed by atoms with E-state index >= 15 is 0 Å². The van der Waals surface area contributed by atoms with Gasteiger partial charge in [-0.3, -0.25) is 14.9 Å². The van der Waals surface area contributed by atoms with Crippen LogP contribution in [0.1, 0.15) is 16.7 Å². The van der Waals surface area contributed by atoms with Gasteiger partial charge in [0, 0.05) is 6.07 Å². The summed E-state index contributed by atoms with van der Waals surface area (Å²) in [5, 5.41) is 23.1. The summed E-state index contributed by atoms with van der Waals surface area (Å²) in [6.45, 7) is 2.36. The number of aryl methyl sites for hydroxylation is 1. The second-order valence-electron chi connectivity index (χ2n) is 7.15. The molecule has 0 unspecified atom stereocenters. The second kappa shape index (κ2) is 11.3. The van der Waals surface area contributed by atoms with Crippen LogP contribution in [-0.4, -0.2) is 17.9 Å². The number of halogens is 1. The Morgan fingerprint density at radius 2 is 1.91 bits per heavy atom. The smallest absolute Gasteiger partial charge is 0.292 e. The Balaban J connectivity index is 1.85. The molecule has 0 heterocycles. The molecule has 0 aromatic heterocycles. The molecule has 0 saturated carbocycles. The number of nitrogens with zero attached hydrogens (tertiary/aromatic N) is 2. The number of methoxy groups -OCH3 is 1. The third-order valence-corrected chi connectivity index (χ3v) is 5.71. The molecule has 1 N–H and O–H groups in total. The lowest BCUT2D eigenvalue weighted by Gasteiger charge is -2.15. The second-order valence-corrected chi connectivity index (χ2v) is 8.31. The topological polar surface area (TPSA) is 114 Å². The van der Waals surface area contributed by atoms with Gasteiger partial charge in [-0.2, -0.15) is 5.26 Å². The van der Waals surface area contributed by atoms with Gasteiger partial charge >= 0.3 is 0 Å². The van der Waals surface area contributed by atoms with Gasteiger partial charge in [0.1, 0.15) is 23.9 Å². The largest absolute Gasteiger partial charge is 0.493 e. The maximum absolute atomic E-state index is 12.6. The zero-order valence-corrected chi connectivity index (χ0v) is 20.5. The lowest BCUT2D eigenvalue weighted by Crippen LogP contribution is -2.14. The molecule has 34 heavy (non-hydrogen) atoms. The number of nitriles is 1. The normalized spacial score (nSPS) is 10.8. The van der Waals surface area contributed by atoms with Crippen LogP contribution in [0.2, 0.25) is 0 Å². The minimum absolute atomic E-state index is 0.00534. The zero-order valence-electron chi connectivity index (χ0n) is 18.4. The van der Waals surface area contributed by atoms with Gasteiger partial charge in [-0.05, 0) is 70.5 Å². The Bertz CT molecular complexity index is 1310. The fourth-order valence-corrected chi connectivity index (χ4v) is 3.91. The molecular weight excluding hydrogens is 549 g/mol. The van der Waals surface area contributed by atoms with Crippen LogP contribution in [0.3, 0.4) is 0 Å². The summed E-state index contributed by atoms with van der Waals surface area (Å²) in [6.07, 6.45) is 1.39. The summed E-state index contributed by atoms with van der Waals surface area (Å²) in [5.74, 6) is 0.236. The van der Waals surface area contributed by atoms with Crippen molar-refractivity contribution >= 4 is 45.9 Å². The predicted molar refractivity (Wildman–Crippen MR) is 137 cm³/mol. The number of ether oxygens (including phenoxy) is 2. The van der Waals surface area contributed by atoms with Gasteiger partial charge in [0.05, 0.1) is 15.6 Å². The third-order valence-electron chi connectivity index (χ3n) is 4.91. The van der Waals surface area contributed by atoms with E-state index in [4.69, 9.17) is 9.47 Å². The summed E-state index contributed by atoms with van der Waals surface area (Å²) < 4.78 is 12.2. The van der Waals surface area contributed by atoms with Gasteiger partial charge in [0.25, 0.3) is 11.6 Å². The number of nitro benzene ring substituents is 1. The van der Waals surface area contributed by atoms with E-state index in [1.807, 2.05) is 37.3 Å². The van der Waals surface area contributed by atoms with Crippen LogP contribution in [0.5, 0.6) is 11.5 Å². The van der Waals surface area contributed by atoms with Gasteiger partial charge < -0.3 is 14.8 Å². The van der Waals surface area contributed by atoms with E-state index < -0.39 is 10.8 Å². The van der Waals surface area contributed by atoms with Gasteiger partial charge in [-0.15, -0.1) is 0 Å². The molecule has 0 aliphatic heterocycles. The van der Waals surface area contributed by atoms with Crippen molar-refractivity contribution in [2.75, 3.05) is 12.4 Å². The molecule has 1 amide bonds. The molecule has 0 aliphatic rings. The molecule has 3 rings (SSSR count). The van der Waals surface area contributed by atoms with Gasteiger partial charge in [-0.25, -0.2) is 0 Å². The quantitative estimate of drug-likeness (QED) is 0.124. The van der Waals surface area contributed by atoms with Crippen LogP contribution < -0.4 is 14.8 Å². The molecule has 3 aromatic carbocycles. The minimum Gasteiger partial charge on any atom is -0.493 e. The highest BCUT2D eigenvalue weighted by Gasteiger charge is 2.18. The number of nitrogens with one attached hydrogen (secondary N) is 1. The zero-order chi connectivity index (χ0) is 24.7. The Kier molecular flexibility index (Phi) is 8.21. The number of para-hydroxylation sites is 2. The molecule has 8 nitrogen and oxygen atoms in total. The number of benzene rings is 3. The lowest BCUT2D eigenvalue weighted by atomic mass is 10.1. The maximum Gasteiger partial charge on any atom is 0.292 e. The van der Waals surface area contributed by atoms with Crippen molar-refractivity contribution in [1.29, 1.82) is 5.26 Å². The van der Waals surface area contributed by atoms with Crippen molar-refractivity contribution < 1.29 is 19.2 Å². The van der Waals surface area contributed by atoms with Crippen LogP contribution >= 0.6 is 22.6 Å². The third kappa shape index (κ3) is 5.90. The molecule has 0 bridgehead atoms. The van der Waals surface area contributed by atoms with Crippen LogP contribution in [0, 0.1) is 31.9 Å². The number of hydrogen-bond acceptors (Lipinski definition) is 6. The Hall–Kier alpha value is -3.91. The Labute approximate surface area is 210 Å². The van der Waals surface area contributed by atoms with E-state index in [0.717, 1.165) is 14.7 Å². The van der Waals surface area contributed by atoms with Crippen LogP contribution in [0.15, 0.2) is 66.2 Å². The first-order valence-corrected chi connectivity index (χ1v) is 11.1. The van der Waals surface area contributed by atoms with Crippen LogP contribution in [0.4, 0.5) is 11.4 Å². The summed E-state index contributed by atoms with van der Waals surface area (Å²) in [6, 6.07) is 18.9. The number of rotatable bonds is 8. The lowest BCUT2D eigenvalue weighted by molar-refractivity contribution is -0.383. The van der Waals surface area contributed by atoms with Crippen molar-refractivity contribution in [3.8, 4) is 17.6 Å². The van der Waals surface area contributed by atoms with Gasteiger partial charge in [0.15, 0.2) is 11.5 Å². The number of hydrogen-bond donors (Lipinski definition) is 1. The molecule has 0 aliphatic carbocycles. The first-order valence-electron chi connectivity index (χ1n) is 10.1. The van der Waals surface area contributed by atoms with Crippen molar-refractivity contribution in [2.24, 2.45) is 0 Å². The first kappa shape index (κ1) is 24.7. The average Bonchev–Trinajstić information content (AvgIpc) is 2.82. The van der Waals surface area contributed by atoms with Crippen molar-refractivity contribution in [3.63, 3.8) is 0 Å². The Morgan fingerprint density at radius 1 is 1.21 bits per heavy atom. The standard InChI is InChI=1S/C25H20IN3O5/c1-16-7-3-4-8-18(16)15-34-24-20(26)12-17(13-23(24)33-2)11-19(14-27)25(30)28-21-9-5-6-10-22(21)29(31)32/h3-13H,15H2,1-2H3,(H,28,30)/b19-11-. The van der Waals surface area contributed by atoms with E-state index in [9.17, 15) is 20.2 Å². The average molecular weight is 569 g/mol. The summed E-state index contributed by atoms with van der Waals surface area (Å²) in [7, 11) is 1.51. The predicted octanol–water partition coefficient (Wildman–Crippen LogP) is 5.64. The van der Waals surface area contributed by atoms with Crippen molar-refractivity contribution in [2.45, 2.75) is 13.5 Å². The summed E-state index contributed by atoms with van der Waals surface area (Å²) in [4.78, 5) is 23.2. The van der Waals surface area contributed by atoms with Crippen molar-refractivity contribution in [3.05, 3.63) is 96.6 Å². The van der Waals surface area contributed by atoms with E-state index in [1.54, 1.807) is 18.2 Å². The van der Waals surface area contributed by atoms with Crippen LogP contribution in [0.25, 0.3) is 6.08 Å². The monoisotopic (exact) mass is 569 g/mol. The molecule has 0 fully saturated rings. The summed E-state index contributed by atoms with van der Waals surface area (Å²) >= 11 is 2.10. The number of nitro groups is 1. The van der Waals surface area contributed by atoms with E-state index in [2.05, 4.69) is 27.9 Å². The molecule has 9 heteroatoms. The molecule has 0 saturated heterocycles. The van der Waals surface area contributed by atoms with E-state index in [-0.39, 0.29) is 16.9 Å². The molecule has 0 spiro atoms. The highest BCUT2D eigenvalue weighted by Crippen LogP contribution is 2.35. The van der Waals surface area contributed by atoms with E-state index in [0.29, 0.717) is 23.7 Å². The molecule has 172 valence electrons. The minimum atomic E-state index is -0.759. The number of amides is 1. The van der Waals surface area contributed by atoms with Gasteiger partial charge in [0.2, 0.25) is 0 Å². The van der Waals surface area contributed by atoms with E-state index in [1.165, 1.54) is 31.4 Å². The van der Waals surface area contributed by atoms with Crippen LogP contribution in [-0.2, 0) is 11.4 Å². The number of carbonyl (C=O) groups is 1. The SMILES string of the molecule is COc1cc(/C=C(/C#N)C(=O)Nc2ccccc2[N+](=O)[O-])cc(I)c1OCc1ccccc1C. The fourth-order valence-electron chi connectivity index (χ4n) is 3.13. The molecule has 0 radical (unpaired) electrons. The fraction of sp³-hybridized carbons (Fsp3) is 0.120. The first-order chi connectivity index (χ1) is 16.3. The summed E-state index contributed by atoms with van der Waals surface area (Å²) in [5.41, 5.74) is 2.22. The highest BCUT2D eigenvalue weighted by molar-refractivity contribution is 14.1. The van der Waals surface area contributed by atoms with Crippen molar-refractivity contribution in [1.82, 2.24) is 0 Å². The number of carbonyl (C=O) groups excluding carboxylic acids is 1.